The van der Waals surface area contributed by atoms with Crippen LogP contribution in [0.1, 0.15) is 0 Å². The Kier molecular flexibility index (Phi) is 62.0. The summed E-state index contributed by atoms with van der Waals surface area (Å²) in [6, 6.07) is 0. The molecule has 0 aliphatic carbocycles. The minimum Gasteiger partial charge on any atom is 0 e. The second-order valence-corrected chi connectivity index (χ2v) is 0. The van der Waals surface area contributed by atoms with Gasteiger partial charge in [0.25, 0.3) is 0 Å². The molecule has 0 aromatic rings. The zero-order valence-electron chi connectivity index (χ0n) is 1.77. The van der Waals surface area contributed by atoms with Crippen LogP contribution in [-0.4, -0.2) is 47.0 Å². The van der Waals surface area contributed by atoms with Crippen molar-refractivity contribution in [3.63, 3.8) is 0 Å². The van der Waals surface area contributed by atoms with Gasteiger partial charge >= 0.3 is 82.6 Å². The topological polar surface area (TPSA) is 0 Å². The molecule has 27 valence electrons. The van der Waals surface area contributed by atoms with E-state index in [0.717, 1.165) is 0 Å². The molecule has 4 heteroatoms. The van der Waals surface area contributed by atoms with Gasteiger partial charge < -0.3 is 0 Å². The van der Waals surface area contributed by atoms with Gasteiger partial charge in [0.1, 0.15) is 0 Å². The van der Waals surface area contributed by atoms with E-state index in [1.165, 1.54) is 44.8 Å². The van der Waals surface area contributed by atoms with Crippen molar-refractivity contribution in [2.45, 2.75) is 0 Å². The molecule has 0 radical (unpaired) electrons. The molecule has 0 fully saturated rings. The Balaban J connectivity index is -0.00000000500. The summed E-state index contributed by atoms with van der Waals surface area (Å²) >= 11 is 1.44. The zero-order chi connectivity index (χ0) is 2.00. The molecule has 0 saturated heterocycles. The Morgan fingerprint density at radius 3 is 1.25 bits per heavy atom. The predicted molar refractivity (Wildman–Crippen MR) is 17.1 cm³/mol. The molecule has 0 aromatic heterocycles. The van der Waals surface area contributed by atoms with E-state index in [1.54, 1.807) is 0 Å². The summed E-state index contributed by atoms with van der Waals surface area (Å²) in [5.41, 5.74) is 0. The fraction of sp³-hybridized carbons (Fsp3) is 0. The van der Waals surface area contributed by atoms with Crippen LogP contribution in [-0.2, 0) is 0 Å². The molecule has 0 rings (SSSR count). The first kappa shape index (κ1) is 15.9. The fourth-order valence-electron chi connectivity index (χ4n) is 0. The minimum atomic E-state index is 0. The summed E-state index contributed by atoms with van der Waals surface area (Å²) in [6.07, 6.45) is 0. The third-order valence-electron chi connectivity index (χ3n) is 0. The van der Waals surface area contributed by atoms with Gasteiger partial charge in [0.2, 0.25) is 0 Å². The van der Waals surface area contributed by atoms with Crippen LogP contribution in [0.3, 0.4) is 0 Å². The predicted octanol–water partition coefficient (Wildman–Crippen LogP) is -1.83. The van der Waals surface area contributed by atoms with Crippen molar-refractivity contribution >= 4 is 47.0 Å². The van der Waals surface area contributed by atoms with Crippen molar-refractivity contribution in [3.8, 4) is 0 Å². The largest absolute Gasteiger partial charge is 0 e. The normalized spacial score (nSPS) is 0.750. The van der Waals surface area contributed by atoms with Crippen LogP contribution in [0.15, 0.2) is 0 Å². The molecule has 0 amide bonds. The molecular weight excluding hydrogens is 384 g/mol. The van der Waals surface area contributed by atoms with Gasteiger partial charge in [-0.25, -0.2) is 0 Å². The number of rotatable bonds is 0. The van der Waals surface area contributed by atoms with Gasteiger partial charge in [0.15, 0.2) is 0 Å². The molecule has 0 aromatic carbocycles. The fourth-order valence-corrected chi connectivity index (χ4v) is 0. The van der Waals surface area contributed by atoms with Gasteiger partial charge in [-0.1, -0.05) is 0 Å². The molecule has 0 aliphatic heterocycles. The average molecular weight is 388 g/mol. The summed E-state index contributed by atoms with van der Waals surface area (Å²) in [6.45, 7) is 0. The molecule has 4 heavy (non-hydrogen) atoms. The van der Waals surface area contributed by atoms with E-state index in [0.29, 0.717) is 0 Å². The van der Waals surface area contributed by atoms with Crippen molar-refractivity contribution in [2.24, 2.45) is 0 Å². The summed E-state index contributed by atoms with van der Waals surface area (Å²) in [7, 11) is 1.44. The van der Waals surface area contributed by atoms with Crippen LogP contribution >= 0.6 is 0 Å². The maximum Gasteiger partial charge on any atom is 0 e. The summed E-state index contributed by atoms with van der Waals surface area (Å²) < 4.78 is 0. The van der Waals surface area contributed by atoms with Gasteiger partial charge in [-0.15, -0.1) is 0 Å². The maximum atomic E-state index is 1.44. The van der Waals surface area contributed by atoms with Crippen molar-refractivity contribution in [2.75, 3.05) is 0 Å². The van der Waals surface area contributed by atoms with E-state index < -0.39 is 0 Å². The number of hydrogen-bond donors (Lipinski definition) is 0. The van der Waals surface area contributed by atoms with Crippen molar-refractivity contribution in [3.05, 3.63) is 0 Å². The zero-order valence-corrected chi connectivity index (χ0v) is 8.69. The first-order chi connectivity index (χ1) is 1.00. The van der Waals surface area contributed by atoms with E-state index in [1.807, 2.05) is 0 Å². The van der Waals surface area contributed by atoms with Crippen molar-refractivity contribution in [1.82, 2.24) is 0 Å². The average Bonchev–Trinajstić information content (AvgIpc) is 1.00. The van der Waals surface area contributed by atoms with Crippen LogP contribution in [0, 0.1) is 82.5 Å². The Hall–Kier alpha value is 4.66. The second-order valence-electron chi connectivity index (χ2n) is 0. The Morgan fingerprint density at radius 2 is 1.25 bits per heavy atom. The Morgan fingerprint density at radius 1 is 1.25 bits per heavy atom. The van der Waals surface area contributed by atoms with E-state index in [4.69, 9.17) is 0 Å². The Labute approximate surface area is 125 Å². The monoisotopic (exact) mass is 387 g/mol. The van der Waals surface area contributed by atoms with Crippen molar-refractivity contribution in [1.29, 1.82) is 0 Å². The maximum absolute atomic E-state index is 1.44. The molecular formula is H4AlCaNdYb. The smallest absolute Gasteiger partial charge is 0 e. The standard InChI is InChI=1S/Al.Ca.Nd.Yb.4H. The van der Waals surface area contributed by atoms with Gasteiger partial charge in [0.05, 0.1) is 0 Å². The minimum absolute atomic E-state index is 0. The first-order valence-electron chi connectivity index (χ1n) is 0.500. The van der Waals surface area contributed by atoms with E-state index in [9.17, 15) is 0 Å². The third kappa shape index (κ3) is 9.83. The van der Waals surface area contributed by atoms with E-state index in [2.05, 4.69) is 0 Å². The molecule has 0 aliphatic rings. The summed E-state index contributed by atoms with van der Waals surface area (Å²) in [4.78, 5) is 0. The molecule has 0 unspecified atom stereocenters. The molecule has 0 saturated carbocycles. The van der Waals surface area contributed by atoms with Gasteiger partial charge in [0, 0.05) is 46.9 Å². The van der Waals surface area contributed by atoms with E-state index in [-0.39, 0.29) is 84.7 Å². The van der Waals surface area contributed by atoms with Crippen LogP contribution in [0.4, 0.5) is 0 Å². The van der Waals surface area contributed by atoms with Crippen LogP contribution in [0.2, 0.25) is 0 Å². The molecule has 0 spiro atoms. The van der Waals surface area contributed by atoms with Crippen molar-refractivity contribution < 1.29 is 82.5 Å². The van der Waals surface area contributed by atoms with Gasteiger partial charge in [-0.2, -0.15) is 0 Å². The van der Waals surface area contributed by atoms with Gasteiger partial charge in [-0.3, -0.25) is 0 Å². The quantitative estimate of drug-likeness (QED) is 0.429. The molecule has 0 bridgehead atoms. The molecule has 0 nitrogen and oxygen atoms in total. The molecule has 0 heterocycles. The van der Waals surface area contributed by atoms with Gasteiger partial charge in [-0.05, 0) is 0 Å². The third-order valence-corrected chi connectivity index (χ3v) is 0. The number of hydrogen-bond acceptors (Lipinski definition) is 0. The van der Waals surface area contributed by atoms with Crippen LogP contribution in [0.5, 0.6) is 0 Å². The summed E-state index contributed by atoms with van der Waals surface area (Å²) in [5.74, 6) is 0. The molecule has 0 N–H and O–H groups in total. The summed E-state index contributed by atoms with van der Waals surface area (Å²) in [5, 5.41) is 0. The van der Waals surface area contributed by atoms with Crippen LogP contribution < -0.4 is 0 Å². The van der Waals surface area contributed by atoms with Crippen LogP contribution in [0.25, 0.3) is 0 Å². The molecule has 0 atom stereocenters. The second kappa shape index (κ2) is 15.6. The van der Waals surface area contributed by atoms with E-state index >= 15 is 0 Å². The first-order valence-corrected chi connectivity index (χ1v) is 11.1. The SMILES string of the molecule is [AlH2][Nd].[CaH2].[Yb]. The Bertz CT molecular complexity index is 8.00.